The van der Waals surface area contributed by atoms with Gasteiger partial charge in [0.2, 0.25) is 0 Å². The second kappa shape index (κ2) is 5.61. The van der Waals surface area contributed by atoms with E-state index in [4.69, 9.17) is 5.11 Å². The highest BCUT2D eigenvalue weighted by Crippen LogP contribution is 1.87. The zero-order valence-electron chi connectivity index (χ0n) is 6.24. The Morgan fingerprint density at radius 2 is 2.18 bits per heavy atom. The van der Waals surface area contributed by atoms with Crippen molar-refractivity contribution in [2.24, 2.45) is 0 Å². The zero-order valence-corrected chi connectivity index (χ0v) is 6.24. The van der Waals surface area contributed by atoms with Crippen LogP contribution in [0.4, 0.5) is 0 Å². The minimum Gasteiger partial charge on any atom is -0.396 e. The van der Waals surface area contributed by atoms with Gasteiger partial charge in [0.1, 0.15) is 0 Å². The van der Waals surface area contributed by atoms with E-state index in [9.17, 15) is 9.59 Å². The summed E-state index contributed by atoms with van der Waals surface area (Å²) in [6.07, 6.45) is 2.45. The molecule has 0 radical (unpaired) electrons. The molecule has 0 bridgehead atoms. The second-order valence-electron chi connectivity index (χ2n) is 1.77. The van der Waals surface area contributed by atoms with Gasteiger partial charge in [0.05, 0.1) is 13.0 Å². The lowest BCUT2D eigenvalue weighted by molar-refractivity contribution is -0.156. The normalized spacial score (nSPS) is 10.0. The quantitative estimate of drug-likeness (QED) is 0.357. The van der Waals surface area contributed by atoms with Crippen LogP contribution in [-0.4, -0.2) is 23.7 Å². The summed E-state index contributed by atoms with van der Waals surface area (Å²) in [6.45, 7) is 1.33. The third-order valence-electron chi connectivity index (χ3n) is 0.833. The van der Waals surface area contributed by atoms with Gasteiger partial charge in [-0.2, -0.15) is 0 Å². The molecule has 0 unspecified atom stereocenters. The second-order valence-corrected chi connectivity index (χ2v) is 1.77. The summed E-state index contributed by atoms with van der Waals surface area (Å²) >= 11 is 0. The number of hydrogen-bond acceptors (Lipinski definition) is 4. The van der Waals surface area contributed by atoms with Gasteiger partial charge in [0.25, 0.3) is 0 Å². The smallest absolute Gasteiger partial charge is 0.338 e. The molecule has 0 rings (SSSR count). The maximum absolute atomic E-state index is 10.5. The van der Waals surface area contributed by atoms with Gasteiger partial charge >= 0.3 is 11.9 Å². The van der Waals surface area contributed by atoms with Crippen molar-refractivity contribution in [1.82, 2.24) is 0 Å². The molecule has 11 heavy (non-hydrogen) atoms. The number of esters is 2. The highest BCUT2D eigenvalue weighted by Gasteiger charge is 2.05. The van der Waals surface area contributed by atoms with Gasteiger partial charge in [0.15, 0.2) is 0 Å². The lowest BCUT2D eigenvalue weighted by Gasteiger charge is -1.95. The molecule has 0 fully saturated rings. The van der Waals surface area contributed by atoms with Crippen molar-refractivity contribution < 1.29 is 19.4 Å². The Morgan fingerprint density at radius 3 is 2.64 bits per heavy atom. The van der Waals surface area contributed by atoms with Crippen LogP contribution in [0, 0.1) is 0 Å². The molecule has 0 saturated heterocycles. The Bertz CT molecular complexity index is 171. The average molecular weight is 158 g/mol. The van der Waals surface area contributed by atoms with Gasteiger partial charge < -0.3 is 9.84 Å². The highest BCUT2D eigenvalue weighted by molar-refractivity contribution is 5.91. The number of carbonyl (C=O) groups is 2. The lowest BCUT2D eigenvalue weighted by Crippen LogP contribution is -2.10. The van der Waals surface area contributed by atoms with Crippen LogP contribution >= 0.6 is 0 Å². The molecule has 0 atom stereocenters. The minimum atomic E-state index is -0.712. The fraction of sp³-hybridized carbons (Fsp3) is 0.429. The summed E-state index contributed by atoms with van der Waals surface area (Å²) in [6, 6.07) is 0. The monoisotopic (exact) mass is 158 g/mol. The van der Waals surface area contributed by atoms with Crippen LogP contribution in [0.3, 0.4) is 0 Å². The molecule has 0 aliphatic carbocycles. The zero-order chi connectivity index (χ0) is 8.69. The van der Waals surface area contributed by atoms with Crippen molar-refractivity contribution in [1.29, 1.82) is 0 Å². The molecule has 62 valence electrons. The van der Waals surface area contributed by atoms with Gasteiger partial charge in [-0.15, -0.1) is 0 Å². The lowest BCUT2D eigenvalue weighted by atomic mass is 10.4. The van der Waals surface area contributed by atoms with E-state index >= 15 is 0 Å². The van der Waals surface area contributed by atoms with E-state index in [2.05, 4.69) is 4.74 Å². The van der Waals surface area contributed by atoms with Crippen molar-refractivity contribution in [3.8, 4) is 0 Å². The molecule has 0 amide bonds. The summed E-state index contributed by atoms with van der Waals surface area (Å²) in [4.78, 5) is 21.0. The molecule has 0 spiro atoms. The van der Waals surface area contributed by atoms with E-state index in [-0.39, 0.29) is 13.0 Å². The summed E-state index contributed by atoms with van der Waals surface area (Å²) in [5.41, 5.74) is 0. The molecule has 0 aromatic carbocycles. The first-order chi connectivity index (χ1) is 5.20. The Kier molecular flexibility index (Phi) is 5.02. The maximum atomic E-state index is 10.5. The van der Waals surface area contributed by atoms with Crippen LogP contribution in [-0.2, 0) is 14.3 Å². The first kappa shape index (κ1) is 9.84. The van der Waals surface area contributed by atoms with Gasteiger partial charge in [0, 0.05) is 6.08 Å². The molecular formula is C7H10O4. The van der Waals surface area contributed by atoms with Crippen molar-refractivity contribution in [3.05, 3.63) is 12.2 Å². The number of rotatable bonds is 3. The summed E-state index contributed by atoms with van der Waals surface area (Å²) in [5.74, 6) is -1.42. The SMILES string of the molecule is CC=CC(=O)OC(=O)CCO. The van der Waals surface area contributed by atoms with Gasteiger partial charge in [-0.05, 0) is 6.92 Å². The Morgan fingerprint density at radius 1 is 1.55 bits per heavy atom. The van der Waals surface area contributed by atoms with Crippen LogP contribution in [0.1, 0.15) is 13.3 Å². The van der Waals surface area contributed by atoms with Crippen LogP contribution in [0.2, 0.25) is 0 Å². The van der Waals surface area contributed by atoms with E-state index in [0.29, 0.717) is 0 Å². The number of allylic oxidation sites excluding steroid dienone is 1. The predicted molar refractivity (Wildman–Crippen MR) is 37.6 cm³/mol. The van der Waals surface area contributed by atoms with Crippen molar-refractivity contribution in [2.45, 2.75) is 13.3 Å². The average Bonchev–Trinajstić information content (AvgIpc) is 1.87. The summed E-state index contributed by atoms with van der Waals surface area (Å²) < 4.78 is 4.21. The molecule has 0 aliphatic rings. The molecular weight excluding hydrogens is 148 g/mol. The number of aliphatic hydroxyl groups is 1. The molecule has 0 aromatic heterocycles. The van der Waals surface area contributed by atoms with E-state index < -0.39 is 11.9 Å². The molecule has 1 N–H and O–H groups in total. The molecule has 0 aromatic rings. The first-order valence-corrected chi connectivity index (χ1v) is 3.19. The van der Waals surface area contributed by atoms with Gasteiger partial charge in [-0.1, -0.05) is 6.08 Å². The number of aliphatic hydroxyl groups excluding tert-OH is 1. The van der Waals surface area contributed by atoms with E-state index in [1.807, 2.05) is 0 Å². The minimum absolute atomic E-state index is 0.150. The van der Waals surface area contributed by atoms with Gasteiger partial charge in [-0.25, -0.2) is 4.79 Å². The standard InChI is InChI=1S/C7H10O4/c1-2-3-6(9)11-7(10)4-5-8/h2-3,8H,4-5H2,1H3. The van der Waals surface area contributed by atoms with E-state index in [1.165, 1.54) is 6.08 Å². The Labute approximate surface area is 64.5 Å². The third kappa shape index (κ3) is 5.29. The fourth-order valence-electron chi connectivity index (χ4n) is 0.425. The maximum Gasteiger partial charge on any atom is 0.338 e. The molecule has 4 nitrogen and oxygen atoms in total. The van der Waals surface area contributed by atoms with Crippen LogP contribution in [0.15, 0.2) is 12.2 Å². The predicted octanol–water partition coefficient (Wildman–Crippen LogP) is 0.0147. The summed E-state index contributed by atoms with van der Waals surface area (Å²) in [5, 5.41) is 8.25. The van der Waals surface area contributed by atoms with Crippen molar-refractivity contribution >= 4 is 11.9 Å². The molecule has 0 saturated carbocycles. The first-order valence-electron chi connectivity index (χ1n) is 3.19. The highest BCUT2D eigenvalue weighted by atomic mass is 16.6. The number of carbonyl (C=O) groups excluding carboxylic acids is 2. The Hall–Kier alpha value is -1.16. The molecule has 0 heterocycles. The van der Waals surface area contributed by atoms with E-state index in [0.717, 1.165) is 6.08 Å². The summed E-state index contributed by atoms with van der Waals surface area (Å²) in [7, 11) is 0. The number of hydrogen-bond donors (Lipinski definition) is 1. The topological polar surface area (TPSA) is 63.6 Å². The molecule has 4 heteroatoms. The van der Waals surface area contributed by atoms with Crippen LogP contribution in [0.5, 0.6) is 0 Å². The van der Waals surface area contributed by atoms with Crippen molar-refractivity contribution in [3.63, 3.8) is 0 Å². The largest absolute Gasteiger partial charge is 0.396 e. The van der Waals surface area contributed by atoms with E-state index in [1.54, 1.807) is 6.92 Å². The fourth-order valence-corrected chi connectivity index (χ4v) is 0.425. The van der Waals surface area contributed by atoms with Crippen molar-refractivity contribution in [2.75, 3.05) is 6.61 Å². The van der Waals surface area contributed by atoms with Crippen LogP contribution < -0.4 is 0 Å². The van der Waals surface area contributed by atoms with Gasteiger partial charge in [-0.3, -0.25) is 4.79 Å². The molecule has 0 aliphatic heterocycles. The van der Waals surface area contributed by atoms with Crippen LogP contribution in [0.25, 0.3) is 0 Å². The third-order valence-corrected chi connectivity index (χ3v) is 0.833. The Balaban J connectivity index is 3.66. The number of ether oxygens (including phenoxy) is 1.